The Hall–Kier alpha value is -12.5. The molecule has 33 heteroatoms. The Labute approximate surface area is 868 Å². The molecule has 2 saturated heterocycles. The molecule has 6 aliphatic rings. The fourth-order valence-electron chi connectivity index (χ4n) is 20.3. The fourth-order valence-corrected chi connectivity index (χ4v) is 22.0. The summed E-state index contributed by atoms with van der Waals surface area (Å²) in [5.41, 5.74) is 26.7. The summed E-state index contributed by atoms with van der Waals surface area (Å²) >= 11 is 3.16. The summed E-state index contributed by atoms with van der Waals surface area (Å²) in [6.07, 6.45) is 17.1. The lowest BCUT2D eigenvalue weighted by atomic mass is 9.76. The van der Waals surface area contributed by atoms with Crippen LogP contribution >= 0.6 is 22.7 Å². The Balaban J connectivity index is 0.000000193. The number of imidazole rings is 2. The molecule has 0 saturated carbocycles. The number of fused-ring (bicyclic) bond motifs is 4. The van der Waals surface area contributed by atoms with Crippen molar-refractivity contribution in [3.8, 4) is 54.9 Å². The standard InChI is InChI=1S/C56H70N8O8S.C31H42N2O6S.C27H32N4O3/c1-34-41(32-65)25-40(53(69)61-44-21-20-37-18-19-39(26-43(37)44)45-31-63-23-9-11-48(63)60-45)27-47(34)72-24-10-22-57-49(67)12-7-6-8-13-50(68)62-52(56(3,4)5)55(71)64-30-42(66)28-46(64)54(70)58-29-36-14-16-38(17-15-36)51-35(2)59-33-73-51;1-20-29(40-19-32-20)22-13-10-21(11-14-22)12-15-27(36)26-17-24(35)18-33(26)30(39)25(31(2,3)4)16-23(34)8-6-5-7-9-28(37)38;1-17-21(16-32)12-20(14-25(17)34-11-3-9-28)27(33)30-23-8-7-18-5-6-19(13-22(18)23)24-15-31-10-2-4-26(31)29-24/h14-19,25-27,31,33,42,44,46,52,65-66H,6-13,20-24,28-30,32H2,1-5H3,(H,57,67)(H,58,70)(H,61,69)(H,62,68);10-11,13-14,19,24-26,35H,5-9,12,15-18H2,1-4H3,(H,37,38);5-6,12-15,23,32H,2-4,7-11,16,28H2,1H3,(H,30,33)/t42-,44-,46+,52-;24-,25-,26+;23-/m111/s1. The molecule has 8 atom stereocenters. The molecule has 2 fully saturated rings. The molecular formula is C114H144N14O17S2. The van der Waals surface area contributed by atoms with Crippen LogP contribution in [0.2, 0.25) is 0 Å². The number of nitrogens with zero attached hydrogens (tertiary/aromatic N) is 8. The number of amides is 7. The third-order valence-corrected chi connectivity index (χ3v) is 30.9. The van der Waals surface area contributed by atoms with Crippen molar-refractivity contribution in [3.63, 3.8) is 0 Å². The number of unbranched alkanes of at least 4 members (excludes halogenated alkanes) is 4. The lowest BCUT2D eigenvalue weighted by molar-refractivity contribution is -0.146. The summed E-state index contributed by atoms with van der Waals surface area (Å²) in [4.78, 5) is 154. The number of hydrogen-bond donors (Lipinski definition) is 11. The number of aryl methyl sites for hydroxylation is 9. The van der Waals surface area contributed by atoms with E-state index in [0.29, 0.717) is 118 Å². The number of Topliss-reactive ketones (excluding diaryl/α,β-unsaturated/α-hetero) is 2. The molecule has 4 aliphatic heterocycles. The minimum atomic E-state index is -0.925. The first-order chi connectivity index (χ1) is 70.5. The number of nitrogens with one attached hydrogen (secondary N) is 5. The van der Waals surface area contributed by atoms with Gasteiger partial charge in [-0.3, -0.25) is 47.9 Å². The number of ether oxygens (including phenoxy) is 2. The monoisotopic (exact) mass is 2050 g/mol. The van der Waals surface area contributed by atoms with E-state index in [0.717, 1.165) is 171 Å². The van der Waals surface area contributed by atoms with Crippen LogP contribution < -0.4 is 41.8 Å². The predicted molar refractivity (Wildman–Crippen MR) is 565 cm³/mol. The molecule has 0 bridgehead atoms. The minimum absolute atomic E-state index is 0.00981. The molecule has 31 nitrogen and oxygen atoms in total. The number of benzene rings is 6. The predicted octanol–water partition coefficient (Wildman–Crippen LogP) is 15.5. The zero-order valence-corrected chi connectivity index (χ0v) is 88.0. The molecule has 8 heterocycles. The van der Waals surface area contributed by atoms with Gasteiger partial charge in [0.1, 0.15) is 41.0 Å². The van der Waals surface area contributed by atoms with Crippen LogP contribution in [0, 0.1) is 44.4 Å². The summed E-state index contributed by atoms with van der Waals surface area (Å²) in [6, 6.07) is 33.1. The third kappa shape index (κ3) is 28.9. The van der Waals surface area contributed by atoms with Crippen molar-refractivity contribution in [1.82, 2.24) is 65.5 Å². The first kappa shape index (κ1) is 110. The van der Waals surface area contributed by atoms with E-state index < -0.39 is 59.0 Å². The molecule has 12 N–H and O–H groups in total. The molecular weight excluding hydrogens is 1900 g/mol. The highest BCUT2D eigenvalue weighted by Crippen LogP contribution is 2.41. The lowest BCUT2D eigenvalue weighted by Gasteiger charge is -2.35. The summed E-state index contributed by atoms with van der Waals surface area (Å²) < 4.78 is 16.4. The summed E-state index contributed by atoms with van der Waals surface area (Å²) in [5.74, 6) is -0.0336. The molecule has 147 heavy (non-hydrogen) atoms. The molecule has 2 aliphatic carbocycles. The molecule has 6 aromatic carbocycles. The molecule has 0 unspecified atom stereocenters. The topological polar surface area (TPSA) is 444 Å². The Morgan fingerprint density at radius 2 is 1.01 bits per heavy atom. The number of aliphatic hydroxyl groups excluding tert-OH is 4. The van der Waals surface area contributed by atoms with Gasteiger partial charge in [0.25, 0.3) is 11.8 Å². The van der Waals surface area contributed by atoms with Gasteiger partial charge in [0.05, 0.1) is 100 Å². The fraction of sp³-hybridized carbons (Fsp3) is 0.491. The largest absolute Gasteiger partial charge is 0.493 e. The van der Waals surface area contributed by atoms with E-state index in [-0.39, 0.29) is 137 Å². The van der Waals surface area contributed by atoms with Gasteiger partial charge in [-0.25, -0.2) is 19.9 Å². The van der Waals surface area contributed by atoms with Gasteiger partial charge in [0.2, 0.25) is 29.5 Å². The first-order valence-corrected chi connectivity index (χ1v) is 53.8. The van der Waals surface area contributed by atoms with Crippen LogP contribution in [0.3, 0.4) is 0 Å². The molecule has 10 aromatic rings. The second kappa shape index (κ2) is 50.9. The molecule has 0 radical (unpaired) electrons. The van der Waals surface area contributed by atoms with E-state index in [2.05, 4.69) is 94.5 Å². The van der Waals surface area contributed by atoms with E-state index in [1.165, 1.54) is 20.9 Å². The van der Waals surface area contributed by atoms with Gasteiger partial charge in [-0.15, -0.1) is 22.7 Å². The normalized spacial score (nSPS) is 17.4. The van der Waals surface area contributed by atoms with Gasteiger partial charge in [0, 0.05) is 144 Å². The Kier molecular flexibility index (Phi) is 38.2. The number of hydrogen-bond acceptors (Lipinski definition) is 23. The molecule has 784 valence electrons. The van der Waals surface area contributed by atoms with Crippen LogP contribution in [0.15, 0.2) is 133 Å². The van der Waals surface area contributed by atoms with Gasteiger partial charge >= 0.3 is 5.97 Å². The zero-order valence-electron chi connectivity index (χ0n) is 86.4. The number of nitrogens with two attached hydrogens (primary N) is 1. The Morgan fingerprint density at radius 1 is 0.524 bits per heavy atom. The highest BCUT2D eigenvalue weighted by atomic mass is 32.1. The van der Waals surface area contributed by atoms with Crippen LogP contribution in [-0.2, 0) is 103 Å². The van der Waals surface area contributed by atoms with E-state index >= 15 is 0 Å². The quantitative estimate of drug-likeness (QED) is 0.0158. The lowest BCUT2D eigenvalue weighted by Crippen LogP contribution is -2.57. The van der Waals surface area contributed by atoms with Crippen LogP contribution in [0.5, 0.6) is 11.5 Å². The van der Waals surface area contributed by atoms with Gasteiger partial charge in [-0.05, 0) is 232 Å². The molecule has 0 spiro atoms. The Bertz CT molecular complexity index is 6280. The first-order valence-electron chi connectivity index (χ1n) is 52.0. The summed E-state index contributed by atoms with van der Waals surface area (Å²) in [6.45, 7) is 22.7. The maximum Gasteiger partial charge on any atom is 0.303 e. The SMILES string of the molecule is Cc1c(CO)cc(C(=O)N[C@@H]2CCc3ccc(-c4cn5c(n4)CCC5)cc32)cc1OCCCN.Cc1ncsc1-c1ccc(CCC(=O)[C@@H]2C[C@@H](O)CN2C(=O)[C@@H](CC(=O)CCCCCC(=O)O)C(C)(C)C)cc1.Cc1ncsc1-c1ccc(CNC(=O)[C@@H]2C[C@@H](O)CN2C(=O)[C@@H](NC(=O)CCCCCC(=O)NCCCOc2cc(C(=O)N[C@@H]3CCc4ccc(-c5cn6c(n5)CCC6)cc43)cc(CO)c2C)C(C)(C)C)cc1. The number of likely N-dealkylation sites (tertiary alicyclic amines) is 2. The zero-order chi connectivity index (χ0) is 105. The molecule has 16 rings (SSSR count). The van der Waals surface area contributed by atoms with Crippen molar-refractivity contribution in [2.24, 2.45) is 22.5 Å². The average Bonchev–Trinajstić information content (AvgIpc) is 1.63. The van der Waals surface area contributed by atoms with Gasteiger partial charge < -0.3 is 86.3 Å². The smallest absolute Gasteiger partial charge is 0.303 e. The second-order valence-corrected chi connectivity index (χ2v) is 43.7. The van der Waals surface area contributed by atoms with Crippen molar-refractivity contribution in [2.75, 3.05) is 39.4 Å². The Morgan fingerprint density at radius 3 is 1.49 bits per heavy atom. The van der Waals surface area contributed by atoms with Crippen molar-refractivity contribution in [3.05, 3.63) is 222 Å². The number of carboxylic acids is 1. The van der Waals surface area contributed by atoms with Crippen LogP contribution in [0.25, 0.3) is 43.4 Å². The number of carbonyl (C=O) groups is 10. The van der Waals surface area contributed by atoms with E-state index in [1.807, 2.05) is 129 Å². The van der Waals surface area contributed by atoms with Crippen molar-refractivity contribution in [2.45, 2.75) is 305 Å². The highest BCUT2D eigenvalue weighted by molar-refractivity contribution is 7.13. The number of aliphatic carboxylic acids is 1. The number of carbonyl (C=O) groups excluding carboxylic acids is 9. The number of carboxylic acid groups (broad SMARTS) is 1. The minimum Gasteiger partial charge on any atom is -0.493 e. The van der Waals surface area contributed by atoms with Crippen molar-refractivity contribution < 1.29 is 83.0 Å². The van der Waals surface area contributed by atoms with Gasteiger partial charge in [0.15, 0.2) is 5.78 Å². The average molecular weight is 2050 g/mol. The summed E-state index contributed by atoms with van der Waals surface area (Å²) in [7, 11) is 0. The number of aromatic nitrogens is 6. The van der Waals surface area contributed by atoms with E-state index in [4.69, 9.17) is 30.3 Å². The molecule has 4 aromatic heterocycles. The van der Waals surface area contributed by atoms with Crippen LogP contribution in [0.4, 0.5) is 0 Å². The van der Waals surface area contributed by atoms with Gasteiger partial charge in [-0.1, -0.05) is 127 Å². The number of ketones is 2. The van der Waals surface area contributed by atoms with Gasteiger partial charge in [-0.2, -0.15) is 0 Å². The van der Waals surface area contributed by atoms with Crippen LogP contribution in [0.1, 0.15) is 281 Å². The third-order valence-electron chi connectivity index (χ3n) is 29.0. The second-order valence-electron chi connectivity index (χ2n) is 42.0. The maximum absolute atomic E-state index is 14.0. The highest BCUT2D eigenvalue weighted by Gasteiger charge is 2.47. The number of aliphatic hydroxyl groups is 4. The van der Waals surface area contributed by atoms with Crippen molar-refractivity contribution >= 4 is 81.6 Å². The van der Waals surface area contributed by atoms with Crippen molar-refractivity contribution in [1.29, 1.82) is 0 Å². The van der Waals surface area contributed by atoms with Crippen LogP contribution in [-0.4, -0.2) is 193 Å². The molecule has 7 amide bonds. The number of β-amino-alcohol motifs (C(OH)–C–C–N with tert-alkyl or cyclic N) is 2. The number of thiazole rings is 2. The summed E-state index contributed by atoms with van der Waals surface area (Å²) in [5, 5.41) is 65.0. The maximum atomic E-state index is 14.0. The number of rotatable bonds is 43. The van der Waals surface area contributed by atoms with E-state index in [1.54, 1.807) is 46.9 Å². The van der Waals surface area contributed by atoms with E-state index in [9.17, 15) is 68.4 Å².